The summed E-state index contributed by atoms with van der Waals surface area (Å²) in [5.74, 6) is 0.437. The number of aliphatic carboxylic acids is 1. The number of carbonyl (C=O) groups is 2. The molecule has 0 saturated carbocycles. The van der Waals surface area contributed by atoms with E-state index in [-0.39, 0.29) is 18.2 Å². The molecule has 3 aromatic carbocycles. The van der Waals surface area contributed by atoms with Crippen LogP contribution in [-0.2, 0) is 37.0 Å². The smallest absolute Gasteiger partial charge is 0.303 e. The lowest BCUT2D eigenvalue weighted by atomic mass is 9.93. The van der Waals surface area contributed by atoms with Crippen molar-refractivity contribution in [2.75, 3.05) is 5.32 Å². The van der Waals surface area contributed by atoms with Gasteiger partial charge in [-0.1, -0.05) is 90.1 Å². The van der Waals surface area contributed by atoms with E-state index in [1.165, 1.54) is 22.3 Å². The Balaban J connectivity index is 1.60. The Labute approximate surface area is 276 Å². The number of carboxylic acids is 1. The van der Waals surface area contributed by atoms with Crippen molar-refractivity contribution in [1.29, 1.82) is 0 Å². The molecule has 2 N–H and O–H groups in total. The average Bonchev–Trinajstić information content (AvgIpc) is 3.37. The largest absolute Gasteiger partial charge is 0.481 e. The van der Waals surface area contributed by atoms with Crippen LogP contribution in [0, 0.1) is 11.8 Å². The molecular weight excluding hydrogens is 568 g/mol. The van der Waals surface area contributed by atoms with Gasteiger partial charge in [-0.25, -0.2) is 0 Å². The van der Waals surface area contributed by atoms with Gasteiger partial charge in [-0.3, -0.25) is 9.59 Å². The number of hydrogen-bond donors (Lipinski definition) is 2. The van der Waals surface area contributed by atoms with Gasteiger partial charge in [-0.15, -0.1) is 0 Å². The summed E-state index contributed by atoms with van der Waals surface area (Å²) in [6.45, 7) is 14.0. The fourth-order valence-corrected chi connectivity index (χ4v) is 6.39. The van der Waals surface area contributed by atoms with Gasteiger partial charge >= 0.3 is 5.97 Å². The Morgan fingerprint density at radius 3 is 1.78 bits per heavy atom. The molecule has 5 nitrogen and oxygen atoms in total. The highest BCUT2D eigenvalue weighted by molar-refractivity contribution is 6.10. The monoisotopic (exact) mass is 620 g/mol. The zero-order valence-electron chi connectivity index (χ0n) is 28.6. The number of aryl methyl sites for hydroxylation is 1. The molecule has 0 bridgehead atoms. The topological polar surface area (TPSA) is 71.3 Å². The number of benzene rings is 3. The molecule has 0 saturated heterocycles. The molecule has 0 aliphatic carbocycles. The van der Waals surface area contributed by atoms with Crippen molar-refractivity contribution in [1.82, 2.24) is 4.57 Å². The third-order valence-corrected chi connectivity index (χ3v) is 8.52. The van der Waals surface area contributed by atoms with Gasteiger partial charge in [0.2, 0.25) is 0 Å². The molecule has 0 radical (unpaired) electrons. The lowest BCUT2D eigenvalue weighted by Crippen LogP contribution is -2.13. The number of anilines is 1. The summed E-state index contributed by atoms with van der Waals surface area (Å²) in [6.07, 6.45) is 5.14. The van der Waals surface area contributed by atoms with Gasteiger partial charge in [0, 0.05) is 41.2 Å². The zero-order valence-corrected chi connectivity index (χ0v) is 28.6. The molecule has 0 aliphatic heterocycles. The molecular formula is C41H52N2O3. The second-order valence-electron chi connectivity index (χ2n) is 13.4. The molecule has 244 valence electrons. The van der Waals surface area contributed by atoms with Crippen LogP contribution in [0.3, 0.4) is 0 Å². The highest BCUT2D eigenvalue weighted by atomic mass is 16.4. The Morgan fingerprint density at radius 2 is 1.33 bits per heavy atom. The molecule has 0 spiro atoms. The number of aromatic nitrogens is 1. The van der Waals surface area contributed by atoms with E-state index in [4.69, 9.17) is 5.11 Å². The Morgan fingerprint density at radius 1 is 0.783 bits per heavy atom. The van der Waals surface area contributed by atoms with E-state index in [9.17, 15) is 9.59 Å². The molecule has 1 aromatic heterocycles. The van der Waals surface area contributed by atoms with Crippen molar-refractivity contribution in [3.8, 4) is 0 Å². The predicted molar refractivity (Wildman–Crippen MR) is 190 cm³/mol. The minimum atomic E-state index is -0.789. The summed E-state index contributed by atoms with van der Waals surface area (Å²) < 4.78 is 2.23. The van der Waals surface area contributed by atoms with Crippen LogP contribution < -0.4 is 5.32 Å². The first kappa shape index (κ1) is 34.7. The van der Waals surface area contributed by atoms with Crippen molar-refractivity contribution in [3.63, 3.8) is 0 Å². The first-order chi connectivity index (χ1) is 22.1. The standard InChI is InChI=1S/C41H52N2O3/c1-7-24-43-36(10-9-11-39(44)45)27-37(38(43)8-2)41(46)34-20-22-35(23-21-34)42-40(32-16-12-30(13-17-32)25-28(3)4)33-18-14-31(15-19-33)26-29(5)6/h12-23,27-29,40,42H,7-11,24-26H2,1-6H3,(H,44,45). The molecule has 0 aliphatic rings. The molecule has 4 rings (SSSR count). The van der Waals surface area contributed by atoms with Crippen LogP contribution >= 0.6 is 0 Å². The molecule has 46 heavy (non-hydrogen) atoms. The lowest BCUT2D eigenvalue weighted by Gasteiger charge is -2.22. The molecule has 0 atom stereocenters. The van der Waals surface area contributed by atoms with Crippen LogP contribution in [0.2, 0.25) is 0 Å². The van der Waals surface area contributed by atoms with Crippen molar-refractivity contribution in [2.45, 2.75) is 99.1 Å². The third-order valence-electron chi connectivity index (χ3n) is 8.52. The summed E-state index contributed by atoms with van der Waals surface area (Å²) in [7, 11) is 0. The molecule has 0 unspecified atom stereocenters. The number of nitrogens with zero attached hydrogens (tertiary/aromatic N) is 1. The first-order valence-corrected chi connectivity index (χ1v) is 17.1. The summed E-state index contributed by atoms with van der Waals surface area (Å²) >= 11 is 0. The maximum Gasteiger partial charge on any atom is 0.303 e. The number of rotatable bonds is 17. The van der Waals surface area contributed by atoms with Crippen LogP contribution in [0.15, 0.2) is 78.9 Å². The average molecular weight is 621 g/mol. The number of carboxylic acid groups (broad SMARTS) is 1. The van der Waals surface area contributed by atoms with Gasteiger partial charge in [-0.05, 0) is 103 Å². The second kappa shape index (κ2) is 16.4. The maximum absolute atomic E-state index is 13.8. The van der Waals surface area contributed by atoms with E-state index < -0.39 is 5.97 Å². The third kappa shape index (κ3) is 9.22. The molecule has 4 aromatic rings. The quantitative estimate of drug-likeness (QED) is 0.115. The van der Waals surface area contributed by atoms with Crippen molar-refractivity contribution >= 4 is 17.4 Å². The van der Waals surface area contributed by atoms with Crippen LogP contribution in [0.1, 0.15) is 116 Å². The van der Waals surface area contributed by atoms with E-state index in [0.717, 1.165) is 54.9 Å². The molecule has 5 heteroatoms. The fourth-order valence-electron chi connectivity index (χ4n) is 6.39. The summed E-state index contributed by atoms with van der Waals surface area (Å²) in [5.41, 5.74) is 9.49. The van der Waals surface area contributed by atoms with E-state index in [2.05, 4.69) is 100.0 Å². The molecule has 0 amide bonds. The van der Waals surface area contributed by atoms with Gasteiger partial charge in [0.15, 0.2) is 5.78 Å². The van der Waals surface area contributed by atoms with Crippen LogP contribution in [0.25, 0.3) is 0 Å². The highest BCUT2D eigenvalue weighted by Gasteiger charge is 2.21. The van der Waals surface area contributed by atoms with Gasteiger partial charge < -0.3 is 15.0 Å². The zero-order chi connectivity index (χ0) is 33.2. The van der Waals surface area contributed by atoms with Crippen molar-refractivity contribution in [2.24, 2.45) is 11.8 Å². The van der Waals surface area contributed by atoms with E-state index in [1.54, 1.807) is 0 Å². The van der Waals surface area contributed by atoms with E-state index in [1.807, 2.05) is 30.3 Å². The summed E-state index contributed by atoms with van der Waals surface area (Å²) in [5, 5.41) is 12.9. The normalized spacial score (nSPS) is 11.5. The van der Waals surface area contributed by atoms with Crippen LogP contribution in [0.4, 0.5) is 5.69 Å². The second-order valence-corrected chi connectivity index (χ2v) is 13.4. The van der Waals surface area contributed by atoms with Crippen LogP contribution in [0.5, 0.6) is 0 Å². The summed E-state index contributed by atoms with van der Waals surface area (Å²) in [6, 6.07) is 27.7. The number of hydrogen-bond acceptors (Lipinski definition) is 3. The predicted octanol–water partition coefficient (Wildman–Crippen LogP) is 9.70. The van der Waals surface area contributed by atoms with Crippen molar-refractivity contribution in [3.05, 3.63) is 124 Å². The lowest BCUT2D eigenvalue weighted by molar-refractivity contribution is -0.137. The number of ketones is 1. The van der Waals surface area contributed by atoms with E-state index in [0.29, 0.717) is 30.2 Å². The van der Waals surface area contributed by atoms with Gasteiger partial charge in [0.25, 0.3) is 0 Å². The summed E-state index contributed by atoms with van der Waals surface area (Å²) in [4.78, 5) is 25.0. The Bertz CT molecular complexity index is 1510. The number of carbonyl (C=O) groups excluding carboxylic acids is 1. The van der Waals surface area contributed by atoms with Gasteiger partial charge in [0.1, 0.15) is 0 Å². The highest BCUT2D eigenvalue weighted by Crippen LogP contribution is 2.29. The fraction of sp³-hybridized carbons (Fsp3) is 0.415. The minimum absolute atomic E-state index is 0.00997. The SMILES string of the molecule is CCCn1c(CCCC(=O)O)cc(C(=O)c2ccc(NC(c3ccc(CC(C)C)cc3)c3ccc(CC(C)C)cc3)cc2)c1CC. The Kier molecular flexibility index (Phi) is 12.4. The van der Waals surface area contributed by atoms with E-state index >= 15 is 0 Å². The first-order valence-electron chi connectivity index (χ1n) is 17.1. The number of nitrogens with one attached hydrogen (secondary N) is 1. The molecule has 0 fully saturated rings. The minimum Gasteiger partial charge on any atom is -0.481 e. The van der Waals surface area contributed by atoms with Gasteiger partial charge in [0.05, 0.1) is 6.04 Å². The molecule has 1 heterocycles. The van der Waals surface area contributed by atoms with Gasteiger partial charge in [-0.2, -0.15) is 0 Å². The maximum atomic E-state index is 13.8. The Hall–Kier alpha value is -4.12. The van der Waals surface area contributed by atoms with Crippen LogP contribution in [-0.4, -0.2) is 21.4 Å². The van der Waals surface area contributed by atoms with Crippen molar-refractivity contribution < 1.29 is 14.7 Å².